The minimum Gasteiger partial charge on any atom is -0.321 e. The van der Waals surface area contributed by atoms with Gasteiger partial charge in [-0.1, -0.05) is 12.5 Å². The van der Waals surface area contributed by atoms with Gasteiger partial charge in [0, 0.05) is 18.2 Å². The smallest absolute Gasteiger partial charge is 0.261 e. The second-order valence-corrected chi connectivity index (χ2v) is 9.34. The van der Waals surface area contributed by atoms with E-state index in [1.165, 1.54) is 40.7 Å². The van der Waals surface area contributed by atoms with E-state index in [-0.39, 0.29) is 33.3 Å². The average molecular weight is 427 g/mol. The number of hydrogen-bond acceptors (Lipinski definition) is 5. The largest absolute Gasteiger partial charge is 0.321 e. The number of hydrogen-bond donors (Lipinski definition) is 2. The summed E-state index contributed by atoms with van der Waals surface area (Å²) >= 11 is 0. The predicted octanol–water partition coefficient (Wildman–Crippen LogP) is 2.39. The lowest BCUT2D eigenvalue weighted by Gasteiger charge is -2.32. The number of anilines is 1. The molecule has 2 aliphatic rings. The van der Waals surface area contributed by atoms with Gasteiger partial charge in [0.25, 0.3) is 17.7 Å². The summed E-state index contributed by atoms with van der Waals surface area (Å²) in [6.07, 6.45) is 2.68. The summed E-state index contributed by atoms with van der Waals surface area (Å²) in [5, 5.41) is 4.82. The van der Waals surface area contributed by atoms with E-state index in [0.29, 0.717) is 6.54 Å². The van der Waals surface area contributed by atoms with Crippen molar-refractivity contribution in [1.29, 1.82) is 0 Å². The minimum atomic E-state index is -3.62. The van der Waals surface area contributed by atoms with Gasteiger partial charge in [0.2, 0.25) is 10.0 Å². The van der Waals surface area contributed by atoms with E-state index in [4.69, 9.17) is 0 Å². The molecule has 0 aromatic heterocycles. The van der Waals surface area contributed by atoms with E-state index in [0.717, 1.165) is 19.3 Å². The van der Waals surface area contributed by atoms with Crippen LogP contribution in [0.5, 0.6) is 0 Å². The molecule has 0 aliphatic carbocycles. The highest BCUT2D eigenvalue weighted by atomic mass is 32.2. The van der Waals surface area contributed by atoms with Crippen LogP contribution in [0.25, 0.3) is 0 Å². The minimum absolute atomic E-state index is 0.0549. The first-order valence-corrected chi connectivity index (χ1v) is 11.1. The fraction of sp³-hybridized carbons (Fsp3) is 0.286. The van der Waals surface area contributed by atoms with E-state index in [2.05, 4.69) is 10.6 Å². The molecule has 0 saturated carbocycles. The van der Waals surface area contributed by atoms with Gasteiger partial charge in [-0.3, -0.25) is 19.7 Å². The lowest BCUT2D eigenvalue weighted by Crippen LogP contribution is -2.41. The van der Waals surface area contributed by atoms with Gasteiger partial charge in [-0.25, -0.2) is 8.42 Å². The lowest BCUT2D eigenvalue weighted by atomic mass is 10.1. The van der Waals surface area contributed by atoms with Crippen molar-refractivity contribution in [3.8, 4) is 0 Å². The molecule has 8 nitrogen and oxygen atoms in total. The molecule has 2 aromatic rings. The summed E-state index contributed by atoms with van der Waals surface area (Å²) in [7, 11) is -3.62. The standard InChI is InChI=1S/C21H21N3O5S/c1-13-5-2-3-12-24(13)30(28,29)15-10-8-14(9-11-15)19(25)22-17-7-4-6-16-18(17)21(27)23-20(16)26/h4,6-11,13H,2-3,5,12H2,1H3,(H,22,25)(H,23,26,27). The Hall–Kier alpha value is -3.04. The van der Waals surface area contributed by atoms with Crippen molar-refractivity contribution in [3.05, 3.63) is 59.2 Å². The average Bonchev–Trinajstić information content (AvgIpc) is 3.03. The van der Waals surface area contributed by atoms with E-state index in [9.17, 15) is 22.8 Å². The number of piperidine rings is 1. The van der Waals surface area contributed by atoms with E-state index >= 15 is 0 Å². The zero-order valence-corrected chi connectivity index (χ0v) is 17.2. The highest BCUT2D eigenvalue weighted by Gasteiger charge is 2.32. The number of fused-ring (bicyclic) bond motifs is 1. The van der Waals surface area contributed by atoms with Crippen LogP contribution in [-0.4, -0.2) is 43.0 Å². The summed E-state index contributed by atoms with van der Waals surface area (Å²) in [5.74, 6) is -1.58. The van der Waals surface area contributed by atoms with Crippen LogP contribution < -0.4 is 10.6 Å². The number of sulfonamides is 1. The van der Waals surface area contributed by atoms with Crippen molar-refractivity contribution >= 4 is 33.4 Å². The third kappa shape index (κ3) is 3.50. The van der Waals surface area contributed by atoms with Crippen molar-refractivity contribution < 1.29 is 22.8 Å². The van der Waals surface area contributed by atoms with Crippen LogP contribution in [-0.2, 0) is 10.0 Å². The fourth-order valence-corrected chi connectivity index (χ4v) is 5.56. The van der Waals surface area contributed by atoms with Crippen molar-refractivity contribution in [3.63, 3.8) is 0 Å². The molecule has 3 amide bonds. The van der Waals surface area contributed by atoms with Gasteiger partial charge >= 0.3 is 0 Å². The third-order valence-electron chi connectivity index (χ3n) is 5.48. The van der Waals surface area contributed by atoms with Gasteiger partial charge in [0.15, 0.2) is 0 Å². The number of rotatable bonds is 4. The maximum atomic E-state index is 12.9. The zero-order chi connectivity index (χ0) is 21.5. The Bertz CT molecular complexity index is 1140. The SMILES string of the molecule is CC1CCCCN1S(=O)(=O)c1ccc(C(=O)Nc2cccc3c2C(=O)NC3=O)cc1. The number of imide groups is 1. The number of carbonyl (C=O) groups is 3. The number of benzene rings is 2. The molecular weight excluding hydrogens is 406 g/mol. The maximum Gasteiger partial charge on any atom is 0.261 e. The number of amides is 3. The molecule has 2 N–H and O–H groups in total. The first-order valence-electron chi connectivity index (χ1n) is 9.71. The highest BCUT2D eigenvalue weighted by molar-refractivity contribution is 7.89. The van der Waals surface area contributed by atoms with Gasteiger partial charge in [0.05, 0.1) is 21.7 Å². The molecule has 0 radical (unpaired) electrons. The van der Waals surface area contributed by atoms with Gasteiger partial charge in [-0.05, 0) is 56.2 Å². The van der Waals surface area contributed by atoms with Crippen LogP contribution in [0, 0.1) is 0 Å². The number of nitrogens with zero attached hydrogens (tertiary/aromatic N) is 1. The molecule has 9 heteroatoms. The van der Waals surface area contributed by atoms with Crippen molar-refractivity contribution in [2.24, 2.45) is 0 Å². The fourth-order valence-electron chi connectivity index (χ4n) is 3.86. The summed E-state index contributed by atoms with van der Waals surface area (Å²) in [6.45, 7) is 2.39. The molecule has 1 unspecified atom stereocenters. The zero-order valence-electron chi connectivity index (χ0n) is 16.3. The van der Waals surface area contributed by atoms with Crippen LogP contribution in [0.15, 0.2) is 47.4 Å². The molecule has 1 fully saturated rings. The Morgan fingerprint density at radius 1 is 1.07 bits per heavy atom. The van der Waals surface area contributed by atoms with Crippen molar-refractivity contribution in [1.82, 2.24) is 9.62 Å². The van der Waals surface area contributed by atoms with Gasteiger partial charge in [-0.15, -0.1) is 0 Å². The van der Waals surface area contributed by atoms with E-state index in [1.54, 1.807) is 6.07 Å². The Kier molecular flexibility index (Phi) is 5.17. The summed E-state index contributed by atoms with van der Waals surface area (Å²) in [6, 6.07) is 10.3. The first kappa shape index (κ1) is 20.2. The molecule has 2 aliphatic heterocycles. The maximum absolute atomic E-state index is 12.9. The normalized spacial score (nSPS) is 19.3. The van der Waals surface area contributed by atoms with Crippen LogP contribution >= 0.6 is 0 Å². The molecule has 0 bridgehead atoms. The summed E-state index contributed by atoms with van der Waals surface area (Å²) < 4.78 is 27.3. The van der Waals surface area contributed by atoms with Crippen LogP contribution in [0.1, 0.15) is 57.3 Å². The first-order chi connectivity index (χ1) is 14.3. The van der Waals surface area contributed by atoms with Crippen LogP contribution in [0.4, 0.5) is 5.69 Å². The van der Waals surface area contributed by atoms with Gasteiger partial charge in [0.1, 0.15) is 0 Å². The van der Waals surface area contributed by atoms with E-state index < -0.39 is 27.7 Å². The Labute approximate surface area is 174 Å². The van der Waals surface area contributed by atoms with Gasteiger partial charge in [-0.2, -0.15) is 4.31 Å². The molecule has 1 atom stereocenters. The highest BCUT2D eigenvalue weighted by Crippen LogP contribution is 2.27. The number of carbonyl (C=O) groups excluding carboxylic acids is 3. The summed E-state index contributed by atoms with van der Waals surface area (Å²) in [4.78, 5) is 36.5. The summed E-state index contributed by atoms with van der Waals surface area (Å²) in [5.41, 5.74) is 0.784. The second-order valence-electron chi connectivity index (χ2n) is 7.45. The predicted molar refractivity (Wildman–Crippen MR) is 110 cm³/mol. The Morgan fingerprint density at radius 2 is 1.80 bits per heavy atom. The van der Waals surface area contributed by atoms with Crippen LogP contribution in [0.2, 0.25) is 0 Å². The number of nitrogens with one attached hydrogen (secondary N) is 2. The van der Waals surface area contributed by atoms with Crippen molar-refractivity contribution in [2.45, 2.75) is 37.1 Å². The molecule has 0 spiro atoms. The molecule has 2 heterocycles. The monoisotopic (exact) mass is 427 g/mol. The second kappa shape index (κ2) is 7.66. The van der Waals surface area contributed by atoms with Crippen LogP contribution in [0.3, 0.4) is 0 Å². The topological polar surface area (TPSA) is 113 Å². The molecule has 1 saturated heterocycles. The molecule has 2 aromatic carbocycles. The molecule has 4 rings (SSSR count). The molecule has 156 valence electrons. The molecule has 30 heavy (non-hydrogen) atoms. The quantitative estimate of drug-likeness (QED) is 0.728. The molecular formula is C21H21N3O5S. The Balaban J connectivity index is 1.55. The van der Waals surface area contributed by atoms with Gasteiger partial charge < -0.3 is 5.32 Å². The van der Waals surface area contributed by atoms with Crippen molar-refractivity contribution in [2.75, 3.05) is 11.9 Å². The lowest BCUT2D eigenvalue weighted by molar-refractivity contribution is 0.0879. The third-order valence-corrected chi connectivity index (χ3v) is 7.50. The Morgan fingerprint density at radius 3 is 2.50 bits per heavy atom. The van der Waals surface area contributed by atoms with E-state index in [1.807, 2.05) is 6.92 Å².